The largest absolute Gasteiger partial charge is 0.493 e. The van der Waals surface area contributed by atoms with Crippen LogP contribution in [0.4, 0.5) is 13.2 Å². The lowest BCUT2D eigenvalue weighted by Gasteiger charge is -2.38. The van der Waals surface area contributed by atoms with Crippen LogP contribution in [-0.4, -0.2) is 46.3 Å². The van der Waals surface area contributed by atoms with Gasteiger partial charge in [0.15, 0.2) is 5.60 Å². The Morgan fingerprint density at radius 1 is 1.22 bits per heavy atom. The van der Waals surface area contributed by atoms with Gasteiger partial charge in [-0.2, -0.15) is 13.2 Å². The van der Waals surface area contributed by atoms with Crippen LogP contribution in [0.2, 0.25) is 0 Å². The van der Waals surface area contributed by atoms with Gasteiger partial charge in [0.05, 0.1) is 12.6 Å². The van der Waals surface area contributed by atoms with Crippen LogP contribution in [0.15, 0.2) is 40.9 Å². The van der Waals surface area contributed by atoms with Crippen LogP contribution < -0.4 is 4.74 Å². The van der Waals surface area contributed by atoms with Crippen LogP contribution in [-0.2, 0) is 23.1 Å². The molecule has 1 saturated heterocycles. The number of aromatic amines is 1. The highest BCUT2D eigenvalue weighted by molar-refractivity contribution is 9.10. The number of benzene rings is 2. The number of amides is 1. The molecule has 2 atom stereocenters. The first kappa shape index (κ1) is 26.1. The van der Waals surface area contributed by atoms with E-state index in [9.17, 15) is 23.1 Å². The minimum Gasteiger partial charge on any atom is -0.493 e. The van der Waals surface area contributed by atoms with Crippen molar-refractivity contribution in [1.29, 1.82) is 0 Å². The molecular formula is C28H30BrF3N2O3. The molecule has 2 unspecified atom stereocenters. The van der Waals surface area contributed by atoms with E-state index < -0.39 is 30.0 Å². The van der Waals surface area contributed by atoms with E-state index in [0.29, 0.717) is 42.1 Å². The van der Waals surface area contributed by atoms with Gasteiger partial charge in [-0.3, -0.25) is 4.79 Å². The summed E-state index contributed by atoms with van der Waals surface area (Å²) in [6.07, 6.45) is -2.67. The van der Waals surface area contributed by atoms with Crippen molar-refractivity contribution in [2.75, 3.05) is 13.2 Å². The molecule has 5 rings (SSSR count). The van der Waals surface area contributed by atoms with E-state index >= 15 is 0 Å². The van der Waals surface area contributed by atoms with Gasteiger partial charge in [0.1, 0.15) is 5.75 Å². The average molecular weight is 579 g/mol. The molecular weight excluding hydrogens is 549 g/mol. The van der Waals surface area contributed by atoms with E-state index in [2.05, 4.69) is 20.9 Å². The third-order valence-electron chi connectivity index (χ3n) is 7.74. The van der Waals surface area contributed by atoms with E-state index in [1.807, 2.05) is 24.3 Å². The number of alkyl halides is 3. The Morgan fingerprint density at radius 2 is 2.00 bits per heavy atom. The van der Waals surface area contributed by atoms with Gasteiger partial charge in [-0.1, -0.05) is 35.8 Å². The van der Waals surface area contributed by atoms with E-state index in [1.165, 1.54) is 0 Å². The van der Waals surface area contributed by atoms with Crippen molar-refractivity contribution in [2.24, 2.45) is 0 Å². The molecule has 0 aliphatic carbocycles. The van der Waals surface area contributed by atoms with Gasteiger partial charge in [-0.05, 0) is 71.5 Å². The number of rotatable bonds is 7. The topological polar surface area (TPSA) is 65.6 Å². The second-order valence-corrected chi connectivity index (χ2v) is 11.9. The molecule has 5 nitrogen and oxygen atoms in total. The number of nitrogens with zero attached hydrogens (tertiary/aromatic N) is 1. The normalized spacial score (nSPS) is 19.6. The highest BCUT2D eigenvalue weighted by Gasteiger charge is 2.56. The monoisotopic (exact) mass is 578 g/mol. The fourth-order valence-electron chi connectivity index (χ4n) is 5.96. The highest BCUT2D eigenvalue weighted by atomic mass is 79.9. The second-order valence-electron chi connectivity index (χ2n) is 10.9. The fraction of sp³-hybridized carbons (Fsp3) is 0.464. The number of H-pyrrole nitrogens is 1. The number of carbonyl (C=O) groups is 1. The van der Waals surface area contributed by atoms with Gasteiger partial charge < -0.3 is 19.7 Å². The Hall–Kier alpha value is -2.52. The van der Waals surface area contributed by atoms with Crippen LogP contribution >= 0.6 is 15.9 Å². The number of halogens is 4. The molecule has 2 N–H and O–H groups in total. The Balaban J connectivity index is 1.45. The predicted molar refractivity (Wildman–Crippen MR) is 139 cm³/mol. The number of aromatic nitrogens is 1. The number of hydrogen-bond donors (Lipinski definition) is 2. The number of carbonyl (C=O) groups excluding carboxylic acids is 1. The summed E-state index contributed by atoms with van der Waals surface area (Å²) in [5, 5.41) is 11.9. The Labute approximate surface area is 222 Å². The van der Waals surface area contributed by atoms with Crippen LogP contribution in [0.25, 0.3) is 10.9 Å². The van der Waals surface area contributed by atoms with Gasteiger partial charge in [0.2, 0.25) is 6.41 Å². The Morgan fingerprint density at radius 3 is 2.73 bits per heavy atom. The molecule has 2 aliphatic rings. The second kappa shape index (κ2) is 9.34. The van der Waals surface area contributed by atoms with Crippen LogP contribution in [0.5, 0.6) is 5.75 Å². The van der Waals surface area contributed by atoms with Gasteiger partial charge in [0, 0.05) is 40.6 Å². The van der Waals surface area contributed by atoms with Gasteiger partial charge >= 0.3 is 6.18 Å². The Kier molecular flexibility index (Phi) is 6.59. The van der Waals surface area contributed by atoms with Gasteiger partial charge in [-0.15, -0.1) is 0 Å². The van der Waals surface area contributed by atoms with Crippen molar-refractivity contribution in [1.82, 2.24) is 9.88 Å². The molecule has 0 saturated carbocycles. The first-order valence-corrected chi connectivity index (χ1v) is 13.3. The molecule has 2 aliphatic heterocycles. The molecule has 198 valence electrons. The summed E-state index contributed by atoms with van der Waals surface area (Å²) in [6, 6.07) is 11.0. The third-order valence-corrected chi connectivity index (χ3v) is 8.20. The average Bonchev–Trinajstić information content (AvgIpc) is 3.55. The van der Waals surface area contributed by atoms with E-state index in [-0.39, 0.29) is 6.04 Å². The smallest absolute Gasteiger partial charge is 0.417 e. The van der Waals surface area contributed by atoms with Crippen molar-refractivity contribution < 1.29 is 27.8 Å². The summed E-state index contributed by atoms with van der Waals surface area (Å²) >= 11 is 3.47. The molecule has 0 spiro atoms. The number of aliphatic hydroxyl groups is 1. The number of fused-ring (bicyclic) bond motifs is 2. The van der Waals surface area contributed by atoms with E-state index in [0.717, 1.165) is 40.2 Å². The van der Waals surface area contributed by atoms with Crippen LogP contribution in [0, 0.1) is 0 Å². The minimum absolute atomic E-state index is 0.0256. The van der Waals surface area contributed by atoms with Crippen molar-refractivity contribution >= 4 is 33.2 Å². The Bertz CT molecular complexity index is 1340. The first-order valence-electron chi connectivity index (χ1n) is 12.5. The molecule has 1 fully saturated rings. The predicted octanol–water partition coefficient (Wildman–Crippen LogP) is 6.36. The number of ether oxygens (including phenoxy) is 1. The summed E-state index contributed by atoms with van der Waals surface area (Å²) in [5.41, 5.74) is -0.438. The highest BCUT2D eigenvalue weighted by Crippen LogP contribution is 2.47. The fourth-order valence-corrected chi connectivity index (χ4v) is 6.47. The summed E-state index contributed by atoms with van der Waals surface area (Å²) in [6.45, 7) is 4.61. The minimum atomic E-state index is -4.85. The molecule has 1 aromatic heterocycles. The molecule has 3 aromatic rings. The van der Waals surface area contributed by atoms with Gasteiger partial charge in [-0.25, -0.2) is 0 Å². The lowest BCUT2D eigenvalue weighted by atomic mass is 9.73. The number of nitrogens with one attached hydrogen (secondary N) is 1. The summed E-state index contributed by atoms with van der Waals surface area (Å²) in [5.74, 6) is 0.618. The maximum Gasteiger partial charge on any atom is 0.417 e. The number of hydrogen-bond acceptors (Lipinski definition) is 3. The van der Waals surface area contributed by atoms with Crippen molar-refractivity contribution in [3.05, 3.63) is 63.3 Å². The van der Waals surface area contributed by atoms with Crippen molar-refractivity contribution in [3.8, 4) is 5.75 Å². The number of likely N-dealkylation sites (tertiary alicyclic amines) is 1. The molecule has 0 radical (unpaired) electrons. The zero-order valence-corrected chi connectivity index (χ0v) is 22.4. The van der Waals surface area contributed by atoms with Crippen LogP contribution in [0.1, 0.15) is 61.5 Å². The molecule has 0 bridgehead atoms. The quantitative estimate of drug-likeness (QED) is 0.320. The van der Waals surface area contributed by atoms with Crippen LogP contribution in [0.3, 0.4) is 0 Å². The maximum absolute atomic E-state index is 14.5. The van der Waals surface area contributed by atoms with Gasteiger partial charge in [0.25, 0.3) is 0 Å². The summed E-state index contributed by atoms with van der Waals surface area (Å²) in [7, 11) is 0. The standard InChI is InChI=1S/C28H30BrF3N2O3/c1-26(2,22-13-20(29)11-18-7-9-37-25(18)22)15-27(36,28(30,31)32)14-21-12-19-10-17(5-6-23(19)33-21)24-4-3-8-34(24)16-35/h5-6,10-13,16,24,33,36H,3-4,7-9,14-15H2,1-2H3. The molecule has 9 heteroatoms. The molecule has 1 amide bonds. The maximum atomic E-state index is 14.5. The zero-order valence-electron chi connectivity index (χ0n) is 20.8. The van der Waals surface area contributed by atoms with Crippen molar-refractivity contribution in [2.45, 2.75) is 69.2 Å². The van der Waals surface area contributed by atoms with E-state index in [4.69, 9.17) is 4.74 Å². The molecule has 37 heavy (non-hydrogen) atoms. The zero-order chi connectivity index (χ0) is 26.6. The first-order chi connectivity index (χ1) is 17.4. The lowest BCUT2D eigenvalue weighted by Crippen LogP contribution is -2.51. The molecule has 3 heterocycles. The SMILES string of the molecule is CC(C)(CC(O)(Cc1cc2cc(C3CCCN3C=O)ccc2[nH]1)C(F)(F)F)c1cc(Br)cc2c1OCC2. The van der Waals surface area contributed by atoms with E-state index in [1.54, 1.807) is 30.9 Å². The third kappa shape index (κ3) is 4.88. The lowest BCUT2D eigenvalue weighted by molar-refractivity contribution is -0.266. The summed E-state index contributed by atoms with van der Waals surface area (Å²) < 4.78 is 49.9. The van der Waals surface area contributed by atoms with Crippen molar-refractivity contribution in [3.63, 3.8) is 0 Å². The molecule has 2 aromatic carbocycles. The summed E-state index contributed by atoms with van der Waals surface area (Å²) in [4.78, 5) is 16.2.